The van der Waals surface area contributed by atoms with Crippen molar-refractivity contribution in [1.82, 2.24) is 9.97 Å². The minimum atomic E-state index is -0.999. The van der Waals surface area contributed by atoms with E-state index in [1.807, 2.05) is 30.3 Å². The van der Waals surface area contributed by atoms with Crippen molar-refractivity contribution in [3.8, 4) is 11.6 Å². The van der Waals surface area contributed by atoms with E-state index >= 15 is 0 Å². The third-order valence-electron chi connectivity index (χ3n) is 3.09. The summed E-state index contributed by atoms with van der Waals surface area (Å²) in [6.07, 6.45) is 1.72. The minimum Gasteiger partial charge on any atom is -0.478 e. The fourth-order valence-electron chi connectivity index (χ4n) is 2.05. The van der Waals surface area contributed by atoms with Crippen molar-refractivity contribution >= 4 is 16.9 Å². The quantitative estimate of drug-likeness (QED) is 0.795. The van der Waals surface area contributed by atoms with Crippen molar-refractivity contribution in [2.75, 3.05) is 0 Å². The molecule has 0 atom stereocenters. The van der Waals surface area contributed by atoms with Crippen molar-refractivity contribution in [2.45, 2.75) is 6.92 Å². The fraction of sp³-hybridized carbons (Fsp3) is 0.0625. The molecule has 0 bridgehead atoms. The molecule has 0 amide bonds. The molecule has 1 N–H and O–H groups in total. The molecule has 0 saturated heterocycles. The minimum absolute atomic E-state index is 0.169. The van der Waals surface area contributed by atoms with E-state index in [-0.39, 0.29) is 5.56 Å². The van der Waals surface area contributed by atoms with Crippen molar-refractivity contribution in [3.63, 3.8) is 0 Å². The number of nitrogens with zero attached hydrogens (tertiary/aromatic N) is 2. The SMILES string of the molecule is Cc1nc(Oc2ccc3cccnc3c2)ccc1C(=O)O. The Balaban J connectivity index is 1.91. The zero-order valence-corrected chi connectivity index (χ0v) is 11.3. The summed E-state index contributed by atoms with van der Waals surface area (Å²) in [5, 5.41) is 10.00. The van der Waals surface area contributed by atoms with E-state index in [1.165, 1.54) is 6.07 Å². The lowest BCUT2D eigenvalue weighted by atomic mass is 10.2. The maximum absolute atomic E-state index is 10.9. The lowest BCUT2D eigenvalue weighted by Crippen LogP contribution is -2.02. The molecule has 1 aromatic carbocycles. The number of carboxylic acid groups (broad SMARTS) is 1. The summed E-state index contributed by atoms with van der Waals surface area (Å²) >= 11 is 0. The zero-order valence-electron chi connectivity index (χ0n) is 11.3. The number of fused-ring (bicyclic) bond motifs is 1. The van der Waals surface area contributed by atoms with Crippen molar-refractivity contribution < 1.29 is 14.6 Å². The maximum atomic E-state index is 10.9. The van der Waals surface area contributed by atoms with E-state index in [0.29, 0.717) is 17.3 Å². The van der Waals surface area contributed by atoms with Crippen LogP contribution in [0.5, 0.6) is 11.6 Å². The molecule has 2 aromatic heterocycles. The largest absolute Gasteiger partial charge is 0.478 e. The number of carboxylic acids is 1. The normalized spacial score (nSPS) is 10.5. The predicted octanol–water partition coefficient (Wildman–Crippen LogP) is 3.43. The van der Waals surface area contributed by atoms with Gasteiger partial charge in [0.25, 0.3) is 0 Å². The van der Waals surface area contributed by atoms with E-state index in [0.717, 1.165) is 10.9 Å². The number of pyridine rings is 2. The van der Waals surface area contributed by atoms with Crippen LogP contribution in [0.3, 0.4) is 0 Å². The second kappa shape index (κ2) is 5.20. The smallest absolute Gasteiger partial charge is 0.337 e. The highest BCUT2D eigenvalue weighted by Crippen LogP contribution is 2.24. The predicted molar refractivity (Wildman–Crippen MR) is 77.8 cm³/mol. The number of aromatic carboxylic acids is 1. The van der Waals surface area contributed by atoms with Gasteiger partial charge in [-0.05, 0) is 31.2 Å². The van der Waals surface area contributed by atoms with Crippen LogP contribution in [0.25, 0.3) is 10.9 Å². The molecule has 3 rings (SSSR count). The lowest BCUT2D eigenvalue weighted by molar-refractivity contribution is 0.0695. The molecule has 0 unspecified atom stereocenters. The third-order valence-corrected chi connectivity index (χ3v) is 3.09. The molecule has 0 radical (unpaired) electrons. The number of benzene rings is 1. The Morgan fingerprint density at radius 2 is 2.05 bits per heavy atom. The number of carbonyl (C=O) groups is 1. The van der Waals surface area contributed by atoms with E-state index in [4.69, 9.17) is 9.84 Å². The number of hydrogen-bond donors (Lipinski definition) is 1. The Labute approximate surface area is 120 Å². The van der Waals surface area contributed by atoms with Crippen molar-refractivity contribution in [2.24, 2.45) is 0 Å². The van der Waals surface area contributed by atoms with Crippen LogP contribution in [0, 0.1) is 6.92 Å². The number of aromatic nitrogens is 2. The lowest BCUT2D eigenvalue weighted by Gasteiger charge is -2.07. The number of aryl methyl sites for hydroxylation is 1. The van der Waals surface area contributed by atoms with Gasteiger partial charge >= 0.3 is 5.97 Å². The molecule has 0 spiro atoms. The molecule has 3 aromatic rings. The summed E-state index contributed by atoms with van der Waals surface area (Å²) in [5.74, 6) is -0.0367. The van der Waals surface area contributed by atoms with Gasteiger partial charge in [0, 0.05) is 23.7 Å². The van der Waals surface area contributed by atoms with Gasteiger partial charge in [0.2, 0.25) is 5.88 Å². The maximum Gasteiger partial charge on any atom is 0.337 e. The van der Waals surface area contributed by atoms with E-state index in [1.54, 1.807) is 19.2 Å². The highest BCUT2D eigenvalue weighted by Gasteiger charge is 2.09. The number of rotatable bonds is 3. The van der Waals surface area contributed by atoms with Crippen molar-refractivity contribution in [3.05, 3.63) is 59.9 Å². The summed E-state index contributed by atoms with van der Waals surface area (Å²) in [6, 6.07) is 12.4. The van der Waals surface area contributed by atoms with Gasteiger partial charge in [-0.25, -0.2) is 9.78 Å². The summed E-state index contributed by atoms with van der Waals surface area (Å²) in [5.41, 5.74) is 1.41. The molecule has 21 heavy (non-hydrogen) atoms. The molecule has 0 saturated carbocycles. The Kier molecular flexibility index (Phi) is 3.23. The van der Waals surface area contributed by atoms with Crippen LogP contribution in [0.1, 0.15) is 16.1 Å². The van der Waals surface area contributed by atoms with Gasteiger partial charge in [-0.3, -0.25) is 4.98 Å². The second-order valence-electron chi connectivity index (χ2n) is 4.55. The molecule has 2 heterocycles. The van der Waals surface area contributed by atoms with Crippen LogP contribution >= 0.6 is 0 Å². The standard InChI is InChI=1S/C16H12N2O3/c1-10-13(16(19)20)6-7-15(18-10)21-12-5-4-11-3-2-8-17-14(11)9-12/h2-9H,1H3,(H,19,20). The highest BCUT2D eigenvalue weighted by molar-refractivity contribution is 5.88. The van der Waals surface area contributed by atoms with Crippen LogP contribution in [-0.4, -0.2) is 21.0 Å². The Morgan fingerprint density at radius 3 is 2.81 bits per heavy atom. The molecule has 0 aliphatic carbocycles. The Bertz CT molecular complexity index is 831. The van der Waals surface area contributed by atoms with Gasteiger partial charge in [-0.1, -0.05) is 6.07 Å². The molecule has 5 nitrogen and oxygen atoms in total. The van der Waals surface area contributed by atoms with Gasteiger partial charge in [0.1, 0.15) is 5.75 Å². The van der Waals surface area contributed by atoms with Gasteiger partial charge in [0.05, 0.1) is 16.8 Å². The van der Waals surface area contributed by atoms with Gasteiger partial charge in [0.15, 0.2) is 0 Å². The molecule has 5 heteroatoms. The molecule has 0 fully saturated rings. The van der Waals surface area contributed by atoms with Crippen LogP contribution in [0.15, 0.2) is 48.7 Å². The summed E-state index contributed by atoms with van der Waals surface area (Å²) in [4.78, 5) is 19.4. The van der Waals surface area contributed by atoms with Gasteiger partial charge in [-0.15, -0.1) is 0 Å². The third kappa shape index (κ3) is 2.67. The van der Waals surface area contributed by atoms with Gasteiger partial charge < -0.3 is 9.84 Å². The highest BCUT2D eigenvalue weighted by atomic mass is 16.5. The summed E-state index contributed by atoms with van der Waals surface area (Å²) < 4.78 is 5.66. The first-order chi connectivity index (χ1) is 10.1. The fourth-order valence-corrected chi connectivity index (χ4v) is 2.05. The molecule has 104 valence electrons. The number of hydrogen-bond acceptors (Lipinski definition) is 4. The van der Waals surface area contributed by atoms with E-state index in [2.05, 4.69) is 9.97 Å². The molecule has 0 aliphatic rings. The van der Waals surface area contributed by atoms with E-state index in [9.17, 15) is 4.79 Å². The first-order valence-electron chi connectivity index (χ1n) is 6.37. The second-order valence-corrected chi connectivity index (χ2v) is 4.55. The number of ether oxygens (including phenoxy) is 1. The van der Waals surface area contributed by atoms with Crippen molar-refractivity contribution in [1.29, 1.82) is 0 Å². The topological polar surface area (TPSA) is 72.3 Å². The van der Waals surface area contributed by atoms with E-state index < -0.39 is 5.97 Å². The monoisotopic (exact) mass is 280 g/mol. The summed E-state index contributed by atoms with van der Waals surface area (Å²) in [7, 11) is 0. The molecule has 0 aliphatic heterocycles. The van der Waals surface area contributed by atoms with Crippen LogP contribution < -0.4 is 4.74 Å². The Hall–Kier alpha value is -2.95. The molecular weight excluding hydrogens is 268 g/mol. The van der Waals surface area contributed by atoms with Crippen LogP contribution in [0.4, 0.5) is 0 Å². The first kappa shape index (κ1) is 13.1. The van der Waals surface area contributed by atoms with Crippen LogP contribution in [0.2, 0.25) is 0 Å². The summed E-state index contributed by atoms with van der Waals surface area (Å²) in [6.45, 7) is 1.64. The Morgan fingerprint density at radius 1 is 1.19 bits per heavy atom. The zero-order chi connectivity index (χ0) is 14.8. The van der Waals surface area contributed by atoms with Gasteiger partial charge in [-0.2, -0.15) is 0 Å². The van der Waals surface area contributed by atoms with Crippen LogP contribution in [-0.2, 0) is 0 Å². The first-order valence-corrected chi connectivity index (χ1v) is 6.37. The molecular formula is C16H12N2O3. The average molecular weight is 280 g/mol. The average Bonchev–Trinajstić information content (AvgIpc) is 2.47.